The van der Waals surface area contributed by atoms with E-state index in [0.29, 0.717) is 30.5 Å². The number of nitrogens with zero attached hydrogens (tertiary/aromatic N) is 2. The summed E-state index contributed by atoms with van der Waals surface area (Å²) in [5, 5.41) is 3.51. The van der Waals surface area contributed by atoms with Crippen LogP contribution in [0.4, 0.5) is 0 Å². The van der Waals surface area contributed by atoms with Crippen molar-refractivity contribution in [2.24, 2.45) is 0 Å². The molecule has 6 nitrogen and oxygen atoms in total. The average molecular weight is 464 g/mol. The number of hydrogen-bond acceptors (Lipinski definition) is 4. The molecule has 0 bridgehead atoms. The molecule has 0 aliphatic carbocycles. The number of amides is 1. The largest absolute Gasteiger partial charge is 0.492 e. The summed E-state index contributed by atoms with van der Waals surface area (Å²) >= 11 is 5.87. The van der Waals surface area contributed by atoms with Crippen LogP contribution in [0.1, 0.15) is 17.0 Å². The zero-order chi connectivity index (χ0) is 23.2. The number of nitrogens with one attached hydrogen (secondary N) is 1. The lowest BCUT2D eigenvalue weighted by Crippen LogP contribution is -2.29. The van der Waals surface area contributed by atoms with E-state index in [9.17, 15) is 4.79 Å². The Kier molecular flexibility index (Phi) is 7.15. The Morgan fingerprint density at radius 1 is 0.970 bits per heavy atom. The molecule has 1 amide bonds. The van der Waals surface area contributed by atoms with E-state index in [2.05, 4.69) is 29.8 Å². The van der Waals surface area contributed by atoms with Crippen LogP contribution in [0.5, 0.6) is 11.5 Å². The van der Waals surface area contributed by atoms with E-state index >= 15 is 0 Å². The molecule has 0 saturated carbocycles. The van der Waals surface area contributed by atoms with Crippen molar-refractivity contribution in [1.29, 1.82) is 0 Å². The van der Waals surface area contributed by atoms with E-state index in [1.165, 1.54) is 11.1 Å². The van der Waals surface area contributed by atoms with Gasteiger partial charge in [0.1, 0.15) is 23.9 Å². The molecule has 0 spiro atoms. The predicted octanol–water partition coefficient (Wildman–Crippen LogP) is 5.08. The molecule has 0 unspecified atom stereocenters. The van der Waals surface area contributed by atoms with Gasteiger partial charge in [0.05, 0.1) is 24.1 Å². The highest BCUT2D eigenvalue weighted by Gasteiger charge is 2.12. The third kappa shape index (κ3) is 5.84. The summed E-state index contributed by atoms with van der Waals surface area (Å²) in [6.45, 7) is 5.46. The lowest BCUT2D eigenvalue weighted by atomic mass is 10.1. The Hall–Kier alpha value is -3.51. The number of para-hydroxylation sites is 2. The van der Waals surface area contributed by atoms with Crippen LogP contribution in [-0.2, 0) is 17.9 Å². The fraction of sp³-hybridized carbons (Fsp3) is 0.231. The number of aryl methyl sites for hydroxylation is 2. The van der Waals surface area contributed by atoms with Crippen LogP contribution in [0, 0.1) is 13.8 Å². The van der Waals surface area contributed by atoms with Gasteiger partial charge in [-0.3, -0.25) is 4.79 Å². The fourth-order valence-corrected chi connectivity index (χ4v) is 3.60. The molecule has 0 aliphatic rings. The summed E-state index contributed by atoms with van der Waals surface area (Å²) < 4.78 is 13.6. The summed E-state index contributed by atoms with van der Waals surface area (Å²) in [4.78, 5) is 17.0. The Labute approximate surface area is 198 Å². The highest BCUT2D eigenvalue weighted by molar-refractivity contribution is 6.30. The summed E-state index contributed by atoms with van der Waals surface area (Å²) in [6.07, 6.45) is 0. The predicted molar refractivity (Wildman–Crippen MR) is 130 cm³/mol. The van der Waals surface area contributed by atoms with E-state index in [1.807, 2.05) is 36.4 Å². The SMILES string of the molecule is Cc1ccc(OCCn2c(CNC(=O)COc3ccc(Cl)cc3)nc3ccccc32)cc1C. The number of carbonyl (C=O) groups is 1. The number of imidazole rings is 1. The highest BCUT2D eigenvalue weighted by atomic mass is 35.5. The first-order valence-electron chi connectivity index (χ1n) is 10.8. The minimum atomic E-state index is -0.227. The Morgan fingerprint density at radius 2 is 1.73 bits per heavy atom. The van der Waals surface area contributed by atoms with Crippen molar-refractivity contribution in [3.63, 3.8) is 0 Å². The van der Waals surface area contributed by atoms with Gasteiger partial charge in [0.25, 0.3) is 5.91 Å². The van der Waals surface area contributed by atoms with E-state index in [0.717, 1.165) is 22.6 Å². The molecule has 170 valence electrons. The maximum atomic E-state index is 12.3. The van der Waals surface area contributed by atoms with Crippen molar-refractivity contribution in [3.05, 3.63) is 88.7 Å². The lowest BCUT2D eigenvalue weighted by Gasteiger charge is -2.12. The summed E-state index contributed by atoms with van der Waals surface area (Å²) in [5.74, 6) is 1.97. The number of rotatable bonds is 9. The van der Waals surface area contributed by atoms with Gasteiger partial charge in [0.15, 0.2) is 6.61 Å². The number of aromatic nitrogens is 2. The molecule has 1 aromatic heterocycles. The summed E-state index contributed by atoms with van der Waals surface area (Å²) in [5.41, 5.74) is 4.32. The van der Waals surface area contributed by atoms with E-state index in [1.54, 1.807) is 24.3 Å². The quantitative estimate of drug-likeness (QED) is 0.376. The van der Waals surface area contributed by atoms with Gasteiger partial charge in [-0.1, -0.05) is 29.8 Å². The normalized spacial score (nSPS) is 10.9. The van der Waals surface area contributed by atoms with E-state index < -0.39 is 0 Å². The first-order chi connectivity index (χ1) is 16.0. The molecule has 7 heteroatoms. The van der Waals surface area contributed by atoms with Crippen LogP contribution >= 0.6 is 11.6 Å². The van der Waals surface area contributed by atoms with Gasteiger partial charge in [0.2, 0.25) is 0 Å². The van der Waals surface area contributed by atoms with Gasteiger partial charge in [0, 0.05) is 5.02 Å². The van der Waals surface area contributed by atoms with Crippen molar-refractivity contribution in [2.45, 2.75) is 26.9 Å². The van der Waals surface area contributed by atoms with Crippen LogP contribution in [0.2, 0.25) is 5.02 Å². The Morgan fingerprint density at radius 3 is 2.52 bits per heavy atom. The van der Waals surface area contributed by atoms with Crippen LogP contribution in [-0.4, -0.2) is 28.7 Å². The van der Waals surface area contributed by atoms with Crippen molar-refractivity contribution in [3.8, 4) is 11.5 Å². The first-order valence-corrected chi connectivity index (χ1v) is 11.2. The molecule has 0 saturated heterocycles. The van der Waals surface area contributed by atoms with Gasteiger partial charge in [-0.25, -0.2) is 4.98 Å². The molecule has 4 aromatic rings. The fourth-order valence-electron chi connectivity index (χ4n) is 3.48. The zero-order valence-electron chi connectivity index (χ0n) is 18.7. The molecule has 0 atom stereocenters. The molecule has 1 N–H and O–H groups in total. The number of benzene rings is 3. The highest BCUT2D eigenvalue weighted by Crippen LogP contribution is 2.19. The number of ether oxygens (including phenoxy) is 2. The van der Waals surface area contributed by atoms with Gasteiger partial charge in [-0.05, 0) is 73.5 Å². The van der Waals surface area contributed by atoms with Gasteiger partial charge < -0.3 is 19.4 Å². The molecule has 1 heterocycles. The van der Waals surface area contributed by atoms with Crippen molar-refractivity contribution in [2.75, 3.05) is 13.2 Å². The average Bonchev–Trinajstić information content (AvgIpc) is 3.17. The van der Waals surface area contributed by atoms with Gasteiger partial charge in [-0.2, -0.15) is 0 Å². The minimum absolute atomic E-state index is 0.0856. The van der Waals surface area contributed by atoms with Crippen molar-refractivity contribution < 1.29 is 14.3 Å². The molecule has 33 heavy (non-hydrogen) atoms. The Balaban J connectivity index is 1.38. The molecule has 3 aromatic carbocycles. The standard InChI is InChI=1S/C26H26ClN3O3/c1-18-7-10-22(15-19(18)2)32-14-13-30-24-6-4-3-5-23(24)29-25(30)16-28-26(31)17-33-21-11-8-20(27)9-12-21/h3-12,15H,13-14,16-17H2,1-2H3,(H,28,31). The minimum Gasteiger partial charge on any atom is -0.492 e. The molecule has 4 rings (SSSR count). The number of fused-ring (bicyclic) bond motifs is 1. The van der Waals surface area contributed by atoms with Crippen LogP contribution < -0.4 is 14.8 Å². The third-order valence-corrected chi connectivity index (χ3v) is 5.67. The smallest absolute Gasteiger partial charge is 0.258 e. The number of hydrogen-bond donors (Lipinski definition) is 1. The monoisotopic (exact) mass is 463 g/mol. The third-order valence-electron chi connectivity index (χ3n) is 5.42. The number of halogens is 1. The van der Waals surface area contributed by atoms with Crippen LogP contribution in [0.3, 0.4) is 0 Å². The summed E-state index contributed by atoms with van der Waals surface area (Å²) in [6, 6.07) is 20.9. The summed E-state index contributed by atoms with van der Waals surface area (Å²) in [7, 11) is 0. The topological polar surface area (TPSA) is 65.4 Å². The zero-order valence-corrected chi connectivity index (χ0v) is 19.4. The first kappa shape index (κ1) is 22.7. The van der Waals surface area contributed by atoms with Crippen molar-refractivity contribution >= 4 is 28.5 Å². The molecule has 0 aliphatic heterocycles. The second kappa shape index (κ2) is 10.4. The maximum Gasteiger partial charge on any atom is 0.258 e. The van der Waals surface area contributed by atoms with Gasteiger partial charge >= 0.3 is 0 Å². The maximum absolute atomic E-state index is 12.3. The molecular formula is C26H26ClN3O3. The molecular weight excluding hydrogens is 438 g/mol. The second-order valence-corrected chi connectivity index (χ2v) is 8.22. The van der Waals surface area contributed by atoms with Crippen LogP contribution in [0.15, 0.2) is 66.7 Å². The molecule has 0 fully saturated rings. The van der Waals surface area contributed by atoms with Gasteiger partial charge in [-0.15, -0.1) is 0 Å². The van der Waals surface area contributed by atoms with Crippen molar-refractivity contribution in [1.82, 2.24) is 14.9 Å². The van der Waals surface area contributed by atoms with E-state index in [-0.39, 0.29) is 12.5 Å². The lowest BCUT2D eigenvalue weighted by molar-refractivity contribution is -0.123. The second-order valence-electron chi connectivity index (χ2n) is 7.78. The van der Waals surface area contributed by atoms with Crippen LogP contribution in [0.25, 0.3) is 11.0 Å². The molecule has 0 radical (unpaired) electrons. The Bertz CT molecular complexity index is 1250. The van der Waals surface area contributed by atoms with E-state index in [4.69, 9.17) is 26.1 Å². The number of carbonyl (C=O) groups excluding carboxylic acids is 1.